The second-order valence-electron chi connectivity index (χ2n) is 5.93. The number of rotatable bonds is 6. The van der Waals surface area contributed by atoms with E-state index < -0.39 is 0 Å². The monoisotopic (exact) mass is 293 g/mol. The molecule has 0 bridgehead atoms. The summed E-state index contributed by atoms with van der Waals surface area (Å²) in [6, 6.07) is 2.17. The van der Waals surface area contributed by atoms with Gasteiger partial charge in [0.2, 0.25) is 0 Å². The fraction of sp³-hybridized carbons (Fsp3) is 0.688. The largest absolute Gasteiger partial charge is 0.391 e. The van der Waals surface area contributed by atoms with Crippen LogP contribution >= 0.6 is 0 Å². The number of hydrogen-bond donors (Lipinski definition) is 2. The maximum absolute atomic E-state index is 10.0. The van der Waals surface area contributed by atoms with Crippen LogP contribution in [0.4, 0.5) is 5.82 Å². The first kappa shape index (κ1) is 16.2. The maximum Gasteiger partial charge on any atom is 0.131 e. The maximum atomic E-state index is 10.0. The highest BCUT2D eigenvalue weighted by Gasteiger charge is 2.25. The Morgan fingerprint density at radius 3 is 3.00 bits per heavy atom. The zero-order chi connectivity index (χ0) is 15.2. The number of β-amino-alcohol motifs (C(OH)–C–C–N with tert-alkyl or cyclic N) is 1. The predicted molar refractivity (Wildman–Crippen MR) is 84.6 cm³/mol. The number of aliphatic hydroxyl groups is 1. The van der Waals surface area contributed by atoms with Crippen LogP contribution in [0.5, 0.6) is 0 Å². The number of piperidine rings is 1. The molecular formula is C16H27N3O2. The van der Waals surface area contributed by atoms with E-state index in [0.717, 1.165) is 31.9 Å². The van der Waals surface area contributed by atoms with Crippen LogP contribution in [-0.4, -0.2) is 49.5 Å². The molecule has 1 aliphatic heterocycles. The van der Waals surface area contributed by atoms with E-state index in [-0.39, 0.29) is 6.10 Å². The van der Waals surface area contributed by atoms with Crippen molar-refractivity contribution in [3.05, 3.63) is 23.4 Å². The van der Waals surface area contributed by atoms with Crippen molar-refractivity contribution < 1.29 is 9.84 Å². The molecule has 0 aromatic carbocycles. The van der Waals surface area contributed by atoms with Crippen LogP contribution in [0.15, 0.2) is 12.3 Å². The van der Waals surface area contributed by atoms with Crippen molar-refractivity contribution in [3.8, 4) is 0 Å². The van der Waals surface area contributed by atoms with Gasteiger partial charge in [-0.25, -0.2) is 4.98 Å². The minimum absolute atomic E-state index is 0.254. The average molecular weight is 293 g/mol. The van der Waals surface area contributed by atoms with E-state index in [2.05, 4.69) is 35.1 Å². The Bertz CT molecular complexity index is 453. The highest BCUT2D eigenvalue weighted by atomic mass is 16.5. The Balaban J connectivity index is 1.95. The number of ether oxygens (including phenoxy) is 1. The first-order valence-corrected chi connectivity index (χ1v) is 7.70. The van der Waals surface area contributed by atoms with Crippen LogP contribution in [0.2, 0.25) is 0 Å². The summed E-state index contributed by atoms with van der Waals surface area (Å²) in [4.78, 5) is 6.80. The normalized spacial score (nSPS) is 22.6. The highest BCUT2D eigenvalue weighted by Crippen LogP contribution is 2.24. The van der Waals surface area contributed by atoms with E-state index in [0.29, 0.717) is 19.1 Å². The number of aromatic nitrogens is 1. The van der Waals surface area contributed by atoms with Crippen molar-refractivity contribution in [1.82, 2.24) is 10.3 Å². The number of pyridine rings is 1. The Morgan fingerprint density at radius 1 is 1.52 bits per heavy atom. The molecule has 1 aliphatic rings. The summed E-state index contributed by atoms with van der Waals surface area (Å²) in [5.74, 6) is 1.38. The Kier molecular flexibility index (Phi) is 5.96. The number of hydrogen-bond acceptors (Lipinski definition) is 5. The van der Waals surface area contributed by atoms with Gasteiger partial charge in [-0.05, 0) is 36.5 Å². The van der Waals surface area contributed by atoms with Crippen molar-refractivity contribution in [2.75, 3.05) is 38.3 Å². The molecule has 1 aromatic rings. The molecule has 5 nitrogen and oxygen atoms in total. The van der Waals surface area contributed by atoms with E-state index in [4.69, 9.17) is 4.74 Å². The molecular weight excluding hydrogens is 266 g/mol. The Hall–Kier alpha value is -1.17. The number of aliphatic hydroxyl groups excluding tert-OH is 1. The van der Waals surface area contributed by atoms with E-state index >= 15 is 0 Å². The number of nitrogens with zero attached hydrogens (tertiary/aromatic N) is 2. The van der Waals surface area contributed by atoms with Gasteiger partial charge in [-0.3, -0.25) is 0 Å². The van der Waals surface area contributed by atoms with Gasteiger partial charge in [0.05, 0.1) is 12.7 Å². The van der Waals surface area contributed by atoms with Gasteiger partial charge in [0.15, 0.2) is 0 Å². The first-order valence-electron chi connectivity index (χ1n) is 7.70. The first-order chi connectivity index (χ1) is 10.1. The van der Waals surface area contributed by atoms with Gasteiger partial charge in [0.25, 0.3) is 0 Å². The number of methoxy groups -OCH3 is 1. The standard InChI is InChI=1S/C16H27N3O2/c1-12-4-6-19(11-15(12)20)16-13(2)8-14(10-18-16)9-17-5-7-21-3/h8,10,12,15,17,20H,4-7,9,11H2,1-3H3. The van der Waals surface area contributed by atoms with Crippen LogP contribution in [0, 0.1) is 12.8 Å². The molecule has 2 N–H and O–H groups in total. The average Bonchev–Trinajstić information content (AvgIpc) is 2.47. The fourth-order valence-corrected chi connectivity index (χ4v) is 2.70. The number of aryl methyl sites for hydroxylation is 1. The van der Waals surface area contributed by atoms with E-state index in [9.17, 15) is 5.11 Å². The Labute approximate surface area is 127 Å². The lowest BCUT2D eigenvalue weighted by Crippen LogP contribution is -2.43. The van der Waals surface area contributed by atoms with E-state index in [1.165, 1.54) is 11.1 Å². The molecule has 21 heavy (non-hydrogen) atoms. The van der Waals surface area contributed by atoms with E-state index in [1.807, 2.05) is 6.20 Å². The second kappa shape index (κ2) is 7.73. The van der Waals surface area contributed by atoms with Gasteiger partial charge in [-0.15, -0.1) is 0 Å². The van der Waals surface area contributed by atoms with Crippen LogP contribution < -0.4 is 10.2 Å². The number of anilines is 1. The molecule has 0 radical (unpaired) electrons. The summed E-state index contributed by atoms with van der Waals surface area (Å²) in [5, 5.41) is 13.4. The molecule has 1 aromatic heterocycles. The zero-order valence-electron chi connectivity index (χ0n) is 13.3. The molecule has 2 heterocycles. The van der Waals surface area contributed by atoms with Crippen LogP contribution in [-0.2, 0) is 11.3 Å². The van der Waals surface area contributed by atoms with Crippen molar-refractivity contribution in [2.45, 2.75) is 32.9 Å². The van der Waals surface area contributed by atoms with Crippen LogP contribution in [0.25, 0.3) is 0 Å². The van der Waals surface area contributed by atoms with Gasteiger partial charge >= 0.3 is 0 Å². The quantitative estimate of drug-likeness (QED) is 0.775. The minimum atomic E-state index is -0.254. The molecule has 2 unspecified atom stereocenters. The third-order valence-electron chi connectivity index (χ3n) is 4.14. The van der Waals surface area contributed by atoms with Crippen LogP contribution in [0.1, 0.15) is 24.5 Å². The highest BCUT2D eigenvalue weighted by molar-refractivity contribution is 5.48. The van der Waals surface area contributed by atoms with Gasteiger partial charge in [0.1, 0.15) is 5.82 Å². The van der Waals surface area contributed by atoms with Crippen molar-refractivity contribution >= 4 is 5.82 Å². The Morgan fingerprint density at radius 2 is 2.33 bits per heavy atom. The summed E-state index contributed by atoms with van der Waals surface area (Å²) >= 11 is 0. The van der Waals surface area contributed by atoms with Gasteiger partial charge in [-0.2, -0.15) is 0 Å². The van der Waals surface area contributed by atoms with Gasteiger partial charge < -0.3 is 20.1 Å². The van der Waals surface area contributed by atoms with Gasteiger partial charge in [0, 0.05) is 39.5 Å². The van der Waals surface area contributed by atoms with Crippen molar-refractivity contribution in [1.29, 1.82) is 0 Å². The summed E-state index contributed by atoms with van der Waals surface area (Å²) < 4.78 is 5.01. The van der Waals surface area contributed by atoms with Gasteiger partial charge in [-0.1, -0.05) is 6.92 Å². The number of nitrogens with one attached hydrogen (secondary N) is 1. The van der Waals surface area contributed by atoms with Crippen LogP contribution in [0.3, 0.4) is 0 Å². The molecule has 1 saturated heterocycles. The van der Waals surface area contributed by atoms with Crippen molar-refractivity contribution in [3.63, 3.8) is 0 Å². The van der Waals surface area contributed by atoms with Crippen molar-refractivity contribution in [2.24, 2.45) is 5.92 Å². The van der Waals surface area contributed by atoms with E-state index in [1.54, 1.807) is 7.11 Å². The SMILES string of the molecule is COCCNCc1cnc(N2CCC(C)C(O)C2)c(C)c1. The molecule has 0 saturated carbocycles. The smallest absolute Gasteiger partial charge is 0.131 e. The molecule has 2 atom stereocenters. The summed E-state index contributed by atoms with van der Waals surface area (Å²) in [6.45, 7) is 8.21. The molecule has 2 rings (SSSR count). The summed E-state index contributed by atoms with van der Waals surface area (Å²) in [7, 11) is 1.70. The lowest BCUT2D eigenvalue weighted by molar-refractivity contribution is 0.102. The molecule has 1 fully saturated rings. The molecule has 0 amide bonds. The predicted octanol–water partition coefficient (Wildman–Crippen LogP) is 1.33. The summed E-state index contributed by atoms with van der Waals surface area (Å²) in [5.41, 5.74) is 2.35. The second-order valence-corrected chi connectivity index (χ2v) is 5.93. The minimum Gasteiger partial charge on any atom is -0.391 e. The summed E-state index contributed by atoms with van der Waals surface area (Å²) in [6.07, 6.45) is 2.69. The molecule has 118 valence electrons. The molecule has 0 aliphatic carbocycles. The lowest BCUT2D eigenvalue weighted by Gasteiger charge is -2.35. The zero-order valence-corrected chi connectivity index (χ0v) is 13.3. The topological polar surface area (TPSA) is 57.6 Å². The third kappa shape index (κ3) is 4.40. The lowest BCUT2D eigenvalue weighted by atomic mass is 9.96. The molecule has 5 heteroatoms. The fourth-order valence-electron chi connectivity index (χ4n) is 2.70. The molecule has 0 spiro atoms. The third-order valence-corrected chi connectivity index (χ3v) is 4.14.